The van der Waals surface area contributed by atoms with E-state index in [1.54, 1.807) is 0 Å². The van der Waals surface area contributed by atoms with Crippen LogP contribution in [0.3, 0.4) is 0 Å². The van der Waals surface area contributed by atoms with E-state index in [-0.39, 0.29) is 43.0 Å². The Bertz CT molecular complexity index is 850. The number of benzene rings is 1. The first-order valence-corrected chi connectivity index (χ1v) is 8.30. The van der Waals surface area contributed by atoms with Crippen LogP contribution < -0.4 is 0 Å². The lowest BCUT2D eigenvalue weighted by molar-refractivity contribution is -0.137. The number of halogens is 5. The van der Waals surface area contributed by atoms with E-state index < -0.39 is 42.0 Å². The van der Waals surface area contributed by atoms with Gasteiger partial charge in [-0.2, -0.15) is 13.2 Å². The average molecular weight is 389 g/mol. The van der Waals surface area contributed by atoms with Gasteiger partial charge < -0.3 is 9.67 Å². The maximum Gasteiger partial charge on any atom is 0.396 e. The first-order chi connectivity index (χ1) is 12.7. The fourth-order valence-electron chi connectivity index (χ4n) is 3.50. The number of aliphatic carboxylic acids is 1. The fourth-order valence-corrected chi connectivity index (χ4v) is 3.50. The summed E-state index contributed by atoms with van der Waals surface area (Å²) in [6, 6.07) is 3.67. The van der Waals surface area contributed by atoms with Gasteiger partial charge in [0.2, 0.25) is 0 Å². The Kier molecular flexibility index (Phi) is 5.16. The lowest BCUT2D eigenvalue weighted by atomic mass is 9.90. The molecule has 0 bridgehead atoms. The molecule has 0 saturated heterocycles. The molecule has 0 spiro atoms. The third-order valence-electron chi connectivity index (χ3n) is 4.69. The van der Waals surface area contributed by atoms with Gasteiger partial charge in [-0.25, -0.2) is 8.78 Å². The Morgan fingerprint density at radius 3 is 2.63 bits per heavy atom. The summed E-state index contributed by atoms with van der Waals surface area (Å²) in [6.45, 7) is -0.0791. The maximum atomic E-state index is 14.2. The first-order valence-electron chi connectivity index (χ1n) is 8.30. The van der Waals surface area contributed by atoms with Crippen LogP contribution in [0.4, 0.5) is 22.0 Å². The van der Waals surface area contributed by atoms with Gasteiger partial charge in [0.25, 0.3) is 0 Å². The minimum Gasteiger partial charge on any atom is -0.481 e. The normalized spacial score (nSPS) is 20.2. The van der Waals surface area contributed by atoms with Gasteiger partial charge in [0.15, 0.2) is 11.6 Å². The second kappa shape index (κ2) is 7.24. The number of carbonyl (C=O) groups is 1. The summed E-state index contributed by atoms with van der Waals surface area (Å²) >= 11 is 0. The van der Waals surface area contributed by atoms with E-state index in [4.69, 9.17) is 5.11 Å². The van der Waals surface area contributed by atoms with E-state index in [2.05, 4.69) is 10.2 Å². The molecule has 0 amide bonds. The van der Waals surface area contributed by atoms with Crippen molar-refractivity contribution in [3.05, 3.63) is 47.0 Å². The molecule has 10 heteroatoms. The topological polar surface area (TPSA) is 68.0 Å². The predicted octanol–water partition coefficient (Wildman–Crippen LogP) is 3.80. The van der Waals surface area contributed by atoms with Crippen LogP contribution in [0.1, 0.15) is 48.3 Å². The highest BCUT2D eigenvalue weighted by atomic mass is 19.4. The molecule has 2 atom stereocenters. The lowest BCUT2D eigenvalue weighted by Crippen LogP contribution is -2.19. The molecule has 1 aliphatic rings. The molecule has 146 valence electrons. The molecular formula is C17H16F5N3O2. The standard InChI is InChI=1S/C17H16F5N3O2/c18-12-3-1-2-11(15(12)19)10-5-4-9(6-14(26)27)16-24-23-13(25(16)8-10)7-17(20,21)22/h1-3,9-10H,4-8H2,(H,26,27)/t9?,10-/m1/s1. The molecule has 2 aromatic rings. The molecule has 0 saturated carbocycles. The van der Waals surface area contributed by atoms with Crippen LogP contribution in [-0.2, 0) is 17.8 Å². The highest BCUT2D eigenvalue weighted by molar-refractivity contribution is 5.67. The third-order valence-corrected chi connectivity index (χ3v) is 4.69. The van der Waals surface area contributed by atoms with Gasteiger partial charge in [-0.05, 0) is 24.5 Å². The van der Waals surface area contributed by atoms with Crippen molar-refractivity contribution in [1.29, 1.82) is 0 Å². The highest BCUT2D eigenvalue weighted by Gasteiger charge is 2.35. The van der Waals surface area contributed by atoms with Crippen molar-refractivity contribution < 1.29 is 31.9 Å². The van der Waals surface area contributed by atoms with Crippen LogP contribution >= 0.6 is 0 Å². The van der Waals surface area contributed by atoms with Gasteiger partial charge in [-0.1, -0.05) is 12.1 Å². The molecule has 1 N–H and O–H groups in total. The molecule has 0 fully saturated rings. The Labute approximate surface area is 150 Å². The summed E-state index contributed by atoms with van der Waals surface area (Å²) in [5.74, 6) is -4.72. The predicted molar refractivity (Wildman–Crippen MR) is 83.1 cm³/mol. The van der Waals surface area contributed by atoms with Crippen LogP contribution in [-0.4, -0.2) is 32.0 Å². The van der Waals surface area contributed by atoms with Crippen molar-refractivity contribution in [3.8, 4) is 0 Å². The molecule has 1 aromatic heterocycles. The third kappa shape index (κ3) is 4.25. The number of alkyl halides is 3. The van der Waals surface area contributed by atoms with Crippen molar-refractivity contribution in [2.45, 2.75) is 50.2 Å². The number of hydrogen-bond acceptors (Lipinski definition) is 3. The SMILES string of the molecule is O=C(O)CC1CC[C@@H](c2cccc(F)c2F)Cn2c(CC(F)(F)F)nnc21. The average Bonchev–Trinajstić information content (AvgIpc) is 2.83. The van der Waals surface area contributed by atoms with E-state index >= 15 is 0 Å². The van der Waals surface area contributed by atoms with Crippen LogP contribution in [0.5, 0.6) is 0 Å². The molecule has 1 aliphatic heterocycles. The zero-order valence-electron chi connectivity index (χ0n) is 14.0. The zero-order chi connectivity index (χ0) is 19.8. The zero-order valence-corrected chi connectivity index (χ0v) is 14.0. The summed E-state index contributed by atoms with van der Waals surface area (Å²) in [5.41, 5.74) is 0.0450. The van der Waals surface area contributed by atoms with Crippen LogP contribution in [0.15, 0.2) is 18.2 Å². The van der Waals surface area contributed by atoms with Crippen molar-refractivity contribution in [2.75, 3.05) is 0 Å². The number of carboxylic acid groups (broad SMARTS) is 1. The number of fused-ring (bicyclic) bond motifs is 1. The Hall–Kier alpha value is -2.52. The van der Waals surface area contributed by atoms with Crippen molar-refractivity contribution >= 4 is 5.97 Å². The van der Waals surface area contributed by atoms with Gasteiger partial charge >= 0.3 is 12.1 Å². The van der Waals surface area contributed by atoms with E-state index in [1.807, 2.05) is 0 Å². The second-order valence-corrected chi connectivity index (χ2v) is 6.59. The minimum absolute atomic E-state index is 0.0450. The summed E-state index contributed by atoms with van der Waals surface area (Å²) in [6.07, 6.45) is -5.65. The van der Waals surface area contributed by atoms with Gasteiger partial charge in [-0.3, -0.25) is 4.79 Å². The monoisotopic (exact) mass is 389 g/mol. The molecule has 5 nitrogen and oxygen atoms in total. The van der Waals surface area contributed by atoms with E-state index in [1.165, 1.54) is 16.7 Å². The molecule has 1 unspecified atom stereocenters. The van der Waals surface area contributed by atoms with Gasteiger partial charge in [0.05, 0.1) is 6.42 Å². The Morgan fingerprint density at radius 1 is 1.22 bits per heavy atom. The summed E-state index contributed by atoms with van der Waals surface area (Å²) in [4.78, 5) is 11.1. The molecule has 0 aliphatic carbocycles. The molecule has 27 heavy (non-hydrogen) atoms. The smallest absolute Gasteiger partial charge is 0.396 e. The number of nitrogens with zero attached hydrogens (tertiary/aromatic N) is 3. The van der Waals surface area contributed by atoms with Crippen molar-refractivity contribution in [2.24, 2.45) is 0 Å². The van der Waals surface area contributed by atoms with Gasteiger partial charge in [-0.15, -0.1) is 10.2 Å². The molecular weight excluding hydrogens is 373 g/mol. The minimum atomic E-state index is -4.53. The largest absolute Gasteiger partial charge is 0.481 e. The molecule has 3 rings (SSSR count). The van der Waals surface area contributed by atoms with Gasteiger partial charge in [0.1, 0.15) is 18.1 Å². The highest BCUT2D eigenvalue weighted by Crippen LogP contribution is 2.37. The number of hydrogen-bond donors (Lipinski definition) is 1. The summed E-state index contributed by atoms with van der Waals surface area (Å²) in [7, 11) is 0. The summed E-state index contributed by atoms with van der Waals surface area (Å²) in [5, 5.41) is 16.5. The fraction of sp³-hybridized carbons (Fsp3) is 0.471. The van der Waals surface area contributed by atoms with Crippen molar-refractivity contribution in [3.63, 3.8) is 0 Å². The van der Waals surface area contributed by atoms with E-state index in [0.717, 1.165) is 6.07 Å². The molecule has 1 aromatic carbocycles. The van der Waals surface area contributed by atoms with E-state index in [9.17, 15) is 26.7 Å². The number of aromatic nitrogens is 3. The van der Waals surface area contributed by atoms with E-state index in [0.29, 0.717) is 0 Å². The lowest BCUT2D eigenvalue weighted by Gasteiger charge is -2.18. The van der Waals surface area contributed by atoms with Crippen molar-refractivity contribution in [1.82, 2.24) is 14.8 Å². The van der Waals surface area contributed by atoms with Crippen LogP contribution in [0.2, 0.25) is 0 Å². The first kappa shape index (κ1) is 19.2. The quantitative estimate of drug-likeness (QED) is 0.808. The number of carboxylic acids is 1. The van der Waals surface area contributed by atoms with Gasteiger partial charge in [0, 0.05) is 18.4 Å². The van der Waals surface area contributed by atoms with Crippen LogP contribution in [0, 0.1) is 11.6 Å². The Balaban J connectivity index is 2.02. The second-order valence-electron chi connectivity index (χ2n) is 6.59. The molecule has 0 radical (unpaired) electrons. The maximum absolute atomic E-state index is 14.2. The molecule has 2 heterocycles. The van der Waals surface area contributed by atoms with Crippen LogP contribution in [0.25, 0.3) is 0 Å². The Morgan fingerprint density at radius 2 is 1.96 bits per heavy atom. The number of rotatable bonds is 4. The summed E-state index contributed by atoms with van der Waals surface area (Å²) < 4.78 is 67.6.